The van der Waals surface area contributed by atoms with Gasteiger partial charge >= 0.3 is 0 Å². The van der Waals surface area contributed by atoms with Crippen molar-refractivity contribution in [3.63, 3.8) is 0 Å². The summed E-state index contributed by atoms with van der Waals surface area (Å²) < 4.78 is 8.75. The van der Waals surface area contributed by atoms with Gasteiger partial charge in [-0.15, -0.1) is 5.10 Å². The summed E-state index contributed by atoms with van der Waals surface area (Å²) in [6.07, 6.45) is 10.4. The molecule has 1 aromatic heterocycles. The Morgan fingerprint density at radius 3 is 2.73 bits per heavy atom. The Labute approximate surface area is 285 Å². The lowest BCUT2D eigenvalue weighted by Gasteiger charge is -2.32. The molecular weight excluding hydrogens is 625 g/mol. The number of aromatic nitrogens is 3. The molecule has 5 rings (SSSR count). The number of hydrogen-bond donors (Lipinski definition) is 4. The number of fused-ring (bicyclic) bond motifs is 2. The van der Waals surface area contributed by atoms with Crippen molar-refractivity contribution in [1.29, 1.82) is 0 Å². The molecule has 11 nitrogen and oxygen atoms in total. The predicted molar refractivity (Wildman–Crippen MR) is 190 cm³/mol. The third-order valence-electron chi connectivity index (χ3n) is 10.2. The molecule has 0 aliphatic carbocycles. The second-order valence-corrected chi connectivity index (χ2v) is 18.6. The SMILES string of the molecule is CC(C)=CCC/C(C)=C/CN1C(=O)[C@@]2(O[C@@H](CCn3cc(CCO)nn3)[C@H]([Si](C)(C)O)[C@H]2C)c2cc(NC(=O)C3CCCNC3)ccc21. The van der Waals surface area contributed by atoms with Crippen LogP contribution in [0, 0.1) is 11.8 Å². The van der Waals surface area contributed by atoms with Crippen LogP contribution in [0.3, 0.4) is 0 Å². The maximum Gasteiger partial charge on any atom is 0.264 e. The Kier molecular flexibility index (Phi) is 11.4. The maximum absolute atomic E-state index is 14.8. The average molecular weight is 679 g/mol. The minimum Gasteiger partial charge on any atom is -0.432 e. The fourth-order valence-corrected chi connectivity index (χ4v) is 10.4. The van der Waals surface area contributed by atoms with Gasteiger partial charge in [0.2, 0.25) is 5.91 Å². The molecule has 2 fully saturated rings. The zero-order chi connectivity index (χ0) is 34.6. The number of nitrogens with one attached hydrogen (secondary N) is 2. The van der Waals surface area contributed by atoms with Crippen molar-refractivity contribution in [3.05, 3.63) is 59.0 Å². The molecule has 48 heavy (non-hydrogen) atoms. The highest BCUT2D eigenvalue weighted by Crippen LogP contribution is 2.60. The molecule has 262 valence electrons. The summed E-state index contributed by atoms with van der Waals surface area (Å²) in [7, 11) is -2.85. The first-order chi connectivity index (χ1) is 22.8. The molecule has 0 saturated carbocycles. The summed E-state index contributed by atoms with van der Waals surface area (Å²) >= 11 is 0. The van der Waals surface area contributed by atoms with Crippen molar-refractivity contribution in [2.24, 2.45) is 11.8 Å². The second kappa shape index (κ2) is 15.2. The lowest BCUT2D eigenvalue weighted by atomic mass is 9.82. The summed E-state index contributed by atoms with van der Waals surface area (Å²) in [6, 6.07) is 5.74. The van der Waals surface area contributed by atoms with E-state index in [4.69, 9.17) is 4.74 Å². The van der Waals surface area contributed by atoms with Crippen molar-refractivity contribution in [1.82, 2.24) is 20.3 Å². The van der Waals surface area contributed by atoms with E-state index in [0.29, 0.717) is 43.9 Å². The lowest BCUT2D eigenvalue weighted by Crippen LogP contribution is -2.46. The van der Waals surface area contributed by atoms with E-state index >= 15 is 0 Å². The van der Waals surface area contributed by atoms with Gasteiger partial charge in [-0.25, -0.2) is 0 Å². The smallest absolute Gasteiger partial charge is 0.264 e. The van der Waals surface area contributed by atoms with E-state index in [-0.39, 0.29) is 35.8 Å². The minimum absolute atomic E-state index is 0.000972. The molecule has 2 aromatic rings. The number of aryl methyl sites for hydroxylation is 1. The van der Waals surface area contributed by atoms with Crippen molar-refractivity contribution < 1.29 is 24.2 Å². The highest BCUT2D eigenvalue weighted by atomic mass is 28.4. The first kappa shape index (κ1) is 36.1. The van der Waals surface area contributed by atoms with E-state index in [1.54, 1.807) is 4.68 Å². The lowest BCUT2D eigenvalue weighted by molar-refractivity contribution is -0.145. The van der Waals surface area contributed by atoms with Crippen LogP contribution in [0.4, 0.5) is 11.4 Å². The summed E-state index contributed by atoms with van der Waals surface area (Å²) in [6.45, 7) is 14.7. The van der Waals surface area contributed by atoms with Crippen LogP contribution in [0.15, 0.2) is 47.7 Å². The monoisotopic (exact) mass is 678 g/mol. The fourth-order valence-electron chi connectivity index (χ4n) is 7.80. The number of carbonyl (C=O) groups excluding carboxylic acids is 2. The first-order valence-corrected chi connectivity index (χ1v) is 20.5. The van der Waals surface area contributed by atoms with E-state index in [1.807, 2.05) is 49.3 Å². The minimum atomic E-state index is -2.85. The van der Waals surface area contributed by atoms with Gasteiger partial charge in [0.1, 0.15) is 0 Å². The molecule has 2 saturated heterocycles. The Balaban J connectivity index is 1.48. The first-order valence-electron chi connectivity index (χ1n) is 17.5. The third kappa shape index (κ3) is 7.68. The van der Waals surface area contributed by atoms with E-state index in [9.17, 15) is 19.5 Å². The zero-order valence-corrected chi connectivity index (χ0v) is 30.5. The van der Waals surface area contributed by atoms with Gasteiger partial charge in [0.15, 0.2) is 13.9 Å². The van der Waals surface area contributed by atoms with E-state index in [0.717, 1.165) is 43.5 Å². The average Bonchev–Trinajstić information content (AvgIpc) is 3.68. The van der Waals surface area contributed by atoms with Crippen LogP contribution in [-0.4, -0.2) is 77.4 Å². The fraction of sp³-hybridized carbons (Fsp3) is 0.611. The molecule has 3 aliphatic heterocycles. The molecule has 1 spiro atoms. The van der Waals surface area contributed by atoms with Crippen LogP contribution < -0.4 is 15.5 Å². The molecule has 1 aromatic carbocycles. The number of benzene rings is 1. The standard InChI is InChI=1S/C36H54N6O5Si/c1-24(2)9-7-10-25(3)14-19-42-31-13-12-28(38-34(44)27-11-8-17-37-22-27)21-30(31)36(35(42)45)26(4)33(48(5,6)46)32(47-36)15-18-41-23-29(16-20-43)39-40-41/h9,12-14,21,23,26-27,32-33,37,43,46H,7-8,10-11,15-20,22H2,1-6H3,(H,38,44)/b25-14+/t26-,27?,32+,33-,36+/m1/s1. The van der Waals surface area contributed by atoms with Crippen molar-refractivity contribution >= 4 is 31.5 Å². The van der Waals surface area contributed by atoms with Crippen LogP contribution in [-0.2, 0) is 32.9 Å². The van der Waals surface area contributed by atoms with Gasteiger partial charge in [-0.3, -0.25) is 14.3 Å². The number of hydrogen-bond acceptors (Lipinski definition) is 8. The van der Waals surface area contributed by atoms with Crippen molar-refractivity contribution in [2.45, 2.75) is 103 Å². The Morgan fingerprint density at radius 1 is 1.25 bits per heavy atom. The molecule has 3 aliphatic rings. The quantitative estimate of drug-likeness (QED) is 0.177. The van der Waals surface area contributed by atoms with Gasteiger partial charge < -0.3 is 30.2 Å². The molecule has 5 atom stereocenters. The summed E-state index contributed by atoms with van der Waals surface area (Å²) in [5.74, 6) is -0.581. The second-order valence-electron chi connectivity index (χ2n) is 14.6. The summed E-state index contributed by atoms with van der Waals surface area (Å²) in [5.41, 5.74) is 3.83. The van der Waals surface area contributed by atoms with E-state index in [1.165, 1.54) is 11.1 Å². The molecule has 0 bridgehead atoms. The van der Waals surface area contributed by atoms with Crippen molar-refractivity contribution in [3.8, 4) is 0 Å². The predicted octanol–water partition coefficient (Wildman–Crippen LogP) is 4.68. The number of piperidine rings is 1. The number of allylic oxidation sites excluding steroid dienone is 3. The third-order valence-corrected chi connectivity index (χ3v) is 12.7. The van der Waals surface area contributed by atoms with Crippen molar-refractivity contribution in [2.75, 3.05) is 36.5 Å². The van der Waals surface area contributed by atoms with Gasteiger partial charge in [0.25, 0.3) is 5.91 Å². The molecule has 12 heteroatoms. The van der Waals surface area contributed by atoms with Crippen LogP contribution in [0.5, 0.6) is 0 Å². The number of ether oxygens (including phenoxy) is 1. The summed E-state index contributed by atoms with van der Waals surface area (Å²) in [4.78, 5) is 41.6. The number of nitrogens with zero attached hydrogens (tertiary/aromatic N) is 4. The van der Waals surface area contributed by atoms with Gasteiger partial charge in [-0.2, -0.15) is 0 Å². The normalized spacial score (nSPS) is 25.9. The number of carbonyl (C=O) groups is 2. The van der Waals surface area contributed by atoms with Crippen LogP contribution in [0.2, 0.25) is 18.6 Å². The van der Waals surface area contributed by atoms with Crippen LogP contribution >= 0.6 is 0 Å². The largest absolute Gasteiger partial charge is 0.432 e. The molecule has 1 unspecified atom stereocenters. The van der Waals surface area contributed by atoms with Crippen LogP contribution in [0.1, 0.15) is 71.1 Å². The summed E-state index contributed by atoms with van der Waals surface area (Å²) in [5, 5.41) is 24.1. The van der Waals surface area contributed by atoms with Gasteiger partial charge in [0.05, 0.1) is 23.4 Å². The Hall–Kier alpha value is -3.16. The Bertz CT molecular complexity index is 1520. The number of rotatable bonds is 13. The molecular formula is C36H54N6O5Si. The van der Waals surface area contributed by atoms with Gasteiger partial charge in [-0.05, 0) is 90.7 Å². The Morgan fingerprint density at radius 2 is 2.04 bits per heavy atom. The van der Waals surface area contributed by atoms with E-state index in [2.05, 4.69) is 53.9 Å². The van der Waals surface area contributed by atoms with Gasteiger partial charge in [-0.1, -0.05) is 35.4 Å². The van der Waals surface area contributed by atoms with E-state index < -0.39 is 20.0 Å². The molecule has 4 heterocycles. The van der Waals surface area contributed by atoms with Gasteiger partial charge in [0, 0.05) is 61.6 Å². The number of anilines is 2. The molecule has 4 N–H and O–H groups in total. The van der Waals surface area contributed by atoms with Crippen LogP contribution in [0.25, 0.3) is 0 Å². The molecule has 0 radical (unpaired) electrons. The molecule has 2 amide bonds. The number of amides is 2. The maximum atomic E-state index is 14.8. The number of aliphatic hydroxyl groups excluding tert-OH is 1. The highest BCUT2D eigenvalue weighted by molar-refractivity contribution is 6.71. The zero-order valence-electron chi connectivity index (χ0n) is 29.5. The number of aliphatic hydroxyl groups is 1. The highest BCUT2D eigenvalue weighted by Gasteiger charge is 2.66. The topological polar surface area (TPSA) is 142 Å².